The van der Waals surface area contributed by atoms with Crippen molar-refractivity contribution in [3.05, 3.63) is 29.3 Å². The molecule has 0 heterocycles. The van der Waals surface area contributed by atoms with Crippen molar-refractivity contribution < 1.29 is 18.3 Å². The maximum absolute atomic E-state index is 12.2. The lowest BCUT2D eigenvalue weighted by Crippen LogP contribution is -2.40. The first-order valence-corrected chi connectivity index (χ1v) is 6.87. The smallest absolute Gasteiger partial charge is 0.321 e. The van der Waals surface area contributed by atoms with Crippen LogP contribution in [0.25, 0.3) is 0 Å². The van der Waals surface area contributed by atoms with E-state index in [2.05, 4.69) is 0 Å². The summed E-state index contributed by atoms with van der Waals surface area (Å²) in [4.78, 5) is 10.8. The van der Waals surface area contributed by atoms with E-state index in [1.54, 1.807) is 6.92 Å². The lowest BCUT2D eigenvalue weighted by molar-refractivity contribution is -0.140. The number of nitrogens with zero attached hydrogens (tertiary/aromatic N) is 2. The molecule has 0 saturated carbocycles. The van der Waals surface area contributed by atoms with Gasteiger partial charge in [0.2, 0.25) is 10.0 Å². The van der Waals surface area contributed by atoms with E-state index in [9.17, 15) is 13.2 Å². The number of carboxylic acid groups (broad SMARTS) is 1. The highest BCUT2D eigenvalue weighted by atomic mass is 32.2. The molecule has 0 fully saturated rings. The van der Waals surface area contributed by atoms with Crippen LogP contribution in [0, 0.1) is 18.3 Å². The summed E-state index contributed by atoms with van der Waals surface area (Å²) in [6.07, 6.45) is 0. The van der Waals surface area contributed by atoms with Gasteiger partial charge in [0.15, 0.2) is 0 Å². The highest BCUT2D eigenvalue weighted by Gasteiger charge is 2.29. The predicted molar refractivity (Wildman–Crippen MR) is 67.9 cm³/mol. The Bertz CT molecular complexity index is 646. The number of benzene rings is 1. The lowest BCUT2D eigenvalue weighted by Gasteiger charge is -2.21. The Hall–Kier alpha value is -1.91. The summed E-state index contributed by atoms with van der Waals surface area (Å²) in [5.41, 5.74) is 0.910. The molecule has 1 atom stereocenters. The van der Waals surface area contributed by atoms with E-state index >= 15 is 0 Å². The SMILES string of the molecule is Cc1cc(S(=O)(=O)N(C)C(C)C(=O)O)ccc1C#N. The van der Waals surface area contributed by atoms with Crippen molar-refractivity contribution in [1.82, 2.24) is 4.31 Å². The molecule has 7 heteroatoms. The number of hydrogen-bond donors (Lipinski definition) is 1. The van der Waals surface area contributed by atoms with Gasteiger partial charge in [0.05, 0.1) is 16.5 Å². The Kier molecular flexibility index (Phi) is 4.29. The number of aryl methyl sites for hydroxylation is 1. The number of aliphatic carboxylic acids is 1. The molecule has 1 rings (SSSR count). The van der Waals surface area contributed by atoms with E-state index in [0.29, 0.717) is 11.1 Å². The van der Waals surface area contributed by atoms with Crippen LogP contribution in [0.2, 0.25) is 0 Å². The maximum atomic E-state index is 12.2. The van der Waals surface area contributed by atoms with Crippen molar-refractivity contribution in [2.75, 3.05) is 7.05 Å². The molecule has 1 unspecified atom stereocenters. The van der Waals surface area contributed by atoms with Gasteiger partial charge in [-0.05, 0) is 37.6 Å². The molecule has 0 saturated heterocycles. The molecule has 1 aromatic rings. The minimum atomic E-state index is -3.89. The minimum absolute atomic E-state index is 0.0281. The van der Waals surface area contributed by atoms with E-state index in [1.165, 1.54) is 32.2 Å². The van der Waals surface area contributed by atoms with E-state index in [-0.39, 0.29) is 4.90 Å². The second-order valence-electron chi connectivity index (χ2n) is 4.12. The second kappa shape index (κ2) is 5.38. The molecule has 0 amide bonds. The van der Waals surface area contributed by atoms with E-state index < -0.39 is 22.0 Å². The Labute approximate surface area is 111 Å². The summed E-state index contributed by atoms with van der Waals surface area (Å²) < 4.78 is 25.2. The molecule has 1 aromatic carbocycles. The quantitative estimate of drug-likeness (QED) is 0.886. The largest absolute Gasteiger partial charge is 0.480 e. The van der Waals surface area contributed by atoms with Crippen molar-refractivity contribution in [2.24, 2.45) is 0 Å². The summed E-state index contributed by atoms with van der Waals surface area (Å²) in [6.45, 7) is 2.91. The van der Waals surface area contributed by atoms with Gasteiger partial charge in [-0.15, -0.1) is 0 Å². The Morgan fingerprint density at radius 1 is 1.47 bits per heavy atom. The first-order chi connectivity index (χ1) is 8.71. The fourth-order valence-electron chi connectivity index (χ4n) is 1.45. The van der Waals surface area contributed by atoms with Crippen molar-refractivity contribution in [2.45, 2.75) is 24.8 Å². The molecule has 1 N–H and O–H groups in total. The van der Waals surface area contributed by atoms with Gasteiger partial charge < -0.3 is 5.11 Å². The van der Waals surface area contributed by atoms with Crippen LogP contribution in [-0.4, -0.2) is 36.9 Å². The highest BCUT2D eigenvalue weighted by Crippen LogP contribution is 2.19. The third kappa shape index (κ3) is 2.92. The number of hydrogen-bond acceptors (Lipinski definition) is 4. The number of nitriles is 1. The van der Waals surface area contributed by atoms with Crippen LogP contribution in [0.5, 0.6) is 0 Å². The van der Waals surface area contributed by atoms with Gasteiger partial charge in [-0.25, -0.2) is 8.42 Å². The molecule has 0 radical (unpaired) electrons. The molecule has 102 valence electrons. The van der Waals surface area contributed by atoms with Gasteiger partial charge in [0, 0.05) is 7.05 Å². The van der Waals surface area contributed by atoms with Crippen molar-refractivity contribution in [1.29, 1.82) is 5.26 Å². The van der Waals surface area contributed by atoms with E-state index in [1.807, 2.05) is 6.07 Å². The average Bonchev–Trinajstić information content (AvgIpc) is 2.36. The molecule has 0 aliphatic rings. The summed E-state index contributed by atoms with van der Waals surface area (Å²) in [7, 11) is -2.68. The number of rotatable bonds is 4. The Morgan fingerprint density at radius 2 is 2.05 bits per heavy atom. The fraction of sp³-hybridized carbons (Fsp3) is 0.333. The van der Waals surface area contributed by atoms with Crippen molar-refractivity contribution >= 4 is 16.0 Å². The van der Waals surface area contributed by atoms with Gasteiger partial charge in [0.25, 0.3) is 0 Å². The van der Waals surface area contributed by atoms with Gasteiger partial charge in [0.1, 0.15) is 6.04 Å². The summed E-state index contributed by atoms with van der Waals surface area (Å²) >= 11 is 0. The molecule has 19 heavy (non-hydrogen) atoms. The van der Waals surface area contributed by atoms with Crippen LogP contribution < -0.4 is 0 Å². The Morgan fingerprint density at radius 3 is 2.47 bits per heavy atom. The van der Waals surface area contributed by atoms with Crippen LogP contribution in [0.4, 0.5) is 0 Å². The molecule has 0 aromatic heterocycles. The van der Waals surface area contributed by atoms with Gasteiger partial charge in [-0.1, -0.05) is 0 Å². The highest BCUT2D eigenvalue weighted by molar-refractivity contribution is 7.89. The van der Waals surface area contributed by atoms with Crippen LogP contribution >= 0.6 is 0 Å². The number of sulfonamides is 1. The van der Waals surface area contributed by atoms with Crippen LogP contribution in [0.3, 0.4) is 0 Å². The molecular formula is C12H14N2O4S. The number of carbonyl (C=O) groups is 1. The Balaban J connectivity index is 3.25. The summed E-state index contributed by atoms with van der Waals surface area (Å²) in [5.74, 6) is -1.23. The average molecular weight is 282 g/mol. The van der Waals surface area contributed by atoms with E-state index in [4.69, 9.17) is 10.4 Å². The van der Waals surface area contributed by atoms with Gasteiger partial charge in [-0.2, -0.15) is 9.57 Å². The molecule has 0 spiro atoms. The number of carboxylic acids is 1. The normalized spacial score (nSPS) is 13.0. The zero-order valence-electron chi connectivity index (χ0n) is 10.8. The fourth-order valence-corrected chi connectivity index (χ4v) is 2.86. The van der Waals surface area contributed by atoms with Gasteiger partial charge >= 0.3 is 5.97 Å². The first-order valence-electron chi connectivity index (χ1n) is 5.43. The predicted octanol–water partition coefficient (Wildman–Crippen LogP) is 0.960. The number of likely N-dealkylation sites (N-methyl/N-ethyl adjacent to an activating group) is 1. The zero-order chi connectivity index (χ0) is 14.8. The zero-order valence-corrected chi connectivity index (χ0v) is 11.6. The third-order valence-corrected chi connectivity index (χ3v) is 4.82. The van der Waals surface area contributed by atoms with Crippen molar-refractivity contribution in [3.63, 3.8) is 0 Å². The summed E-state index contributed by atoms with van der Waals surface area (Å²) in [5, 5.41) is 17.6. The minimum Gasteiger partial charge on any atom is -0.480 e. The molecule has 6 nitrogen and oxygen atoms in total. The second-order valence-corrected chi connectivity index (χ2v) is 6.12. The molecule has 0 aliphatic carbocycles. The molecule has 0 bridgehead atoms. The third-order valence-electron chi connectivity index (χ3n) is 2.90. The summed E-state index contributed by atoms with van der Waals surface area (Å²) in [6, 6.07) is 4.84. The van der Waals surface area contributed by atoms with Crippen LogP contribution in [-0.2, 0) is 14.8 Å². The maximum Gasteiger partial charge on any atom is 0.321 e. The molecule has 0 aliphatic heterocycles. The van der Waals surface area contributed by atoms with Crippen LogP contribution in [0.1, 0.15) is 18.1 Å². The van der Waals surface area contributed by atoms with Crippen molar-refractivity contribution in [3.8, 4) is 6.07 Å². The van der Waals surface area contributed by atoms with Gasteiger partial charge in [-0.3, -0.25) is 4.79 Å². The topological polar surface area (TPSA) is 98.5 Å². The van der Waals surface area contributed by atoms with E-state index in [0.717, 1.165) is 4.31 Å². The molecular weight excluding hydrogens is 268 g/mol. The lowest BCUT2D eigenvalue weighted by atomic mass is 10.1. The van der Waals surface area contributed by atoms with Crippen LogP contribution in [0.15, 0.2) is 23.1 Å². The standard InChI is InChI=1S/C12H14N2O4S/c1-8-6-11(5-4-10(8)7-13)19(17,18)14(3)9(2)12(15)16/h4-6,9H,1-3H3,(H,15,16). The monoisotopic (exact) mass is 282 g/mol. The first kappa shape index (κ1) is 15.1.